The number of benzene rings is 2. The molecule has 0 fully saturated rings. The molecule has 0 aromatic heterocycles. The standard InChI is InChI=1S/C19H23ClN2O3/c1-4-22(11-17(23)13-7-5-12(2)6-8-13)19(24)14-9-15(20)16(21)10-18(14)25-3/h5-10,17,23H,4,11,21H2,1-3H3. The van der Waals surface area contributed by atoms with Crippen LogP contribution in [0.2, 0.25) is 5.02 Å². The molecule has 0 heterocycles. The molecule has 2 aromatic carbocycles. The molecule has 3 N–H and O–H groups in total. The van der Waals surface area contributed by atoms with E-state index in [4.69, 9.17) is 22.1 Å². The maximum absolute atomic E-state index is 12.9. The predicted octanol–water partition coefficient (Wildman–Crippen LogP) is 3.43. The van der Waals surface area contributed by atoms with Crippen molar-refractivity contribution in [3.8, 4) is 5.75 Å². The van der Waals surface area contributed by atoms with E-state index in [9.17, 15) is 9.90 Å². The molecular formula is C19H23ClN2O3. The minimum atomic E-state index is -0.778. The van der Waals surface area contributed by atoms with Gasteiger partial charge in [-0.25, -0.2) is 0 Å². The molecule has 1 atom stereocenters. The number of halogens is 1. The van der Waals surface area contributed by atoms with Gasteiger partial charge >= 0.3 is 0 Å². The second-order valence-electron chi connectivity index (χ2n) is 5.84. The third-order valence-corrected chi connectivity index (χ3v) is 4.40. The number of ether oxygens (including phenoxy) is 1. The highest BCUT2D eigenvalue weighted by Gasteiger charge is 2.22. The van der Waals surface area contributed by atoms with Crippen LogP contribution in [0, 0.1) is 6.92 Å². The van der Waals surface area contributed by atoms with E-state index in [-0.39, 0.29) is 12.5 Å². The molecule has 1 unspecified atom stereocenters. The van der Waals surface area contributed by atoms with Gasteiger partial charge in [0.25, 0.3) is 5.91 Å². The minimum absolute atomic E-state index is 0.170. The summed E-state index contributed by atoms with van der Waals surface area (Å²) in [5.74, 6) is 0.0857. The Morgan fingerprint density at radius 1 is 1.32 bits per heavy atom. The van der Waals surface area contributed by atoms with E-state index in [1.807, 2.05) is 38.1 Å². The first-order valence-electron chi connectivity index (χ1n) is 8.04. The van der Waals surface area contributed by atoms with Crippen LogP contribution in [0.1, 0.15) is 34.5 Å². The number of carbonyl (C=O) groups is 1. The lowest BCUT2D eigenvalue weighted by atomic mass is 10.1. The number of methoxy groups -OCH3 is 1. The average Bonchev–Trinajstić information content (AvgIpc) is 2.61. The number of amides is 1. The SMILES string of the molecule is CCN(CC(O)c1ccc(C)cc1)C(=O)c1cc(Cl)c(N)cc1OC. The number of aryl methyl sites for hydroxylation is 1. The fourth-order valence-corrected chi connectivity index (χ4v) is 2.70. The van der Waals surface area contributed by atoms with Crippen molar-refractivity contribution in [3.63, 3.8) is 0 Å². The van der Waals surface area contributed by atoms with Crippen molar-refractivity contribution >= 4 is 23.2 Å². The minimum Gasteiger partial charge on any atom is -0.496 e. The van der Waals surface area contributed by atoms with Crippen molar-refractivity contribution < 1.29 is 14.6 Å². The zero-order valence-electron chi connectivity index (χ0n) is 14.6. The number of carbonyl (C=O) groups excluding carboxylic acids is 1. The number of rotatable bonds is 6. The summed E-state index contributed by atoms with van der Waals surface area (Å²) in [6, 6.07) is 10.6. The first-order chi connectivity index (χ1) is 11.9. The average molecular weight is 363 g/mol. The Morgan fingerprint density at radius 3 is 2.52 bits per heavy atom. The fourth-order valence-electron chi connectivity index (χ4n) is 2.53. The van der Waals surface area contributed by atoms with Crippen molar-refractivity contribution in [2.24, 2.45) is 0 Å². The zero-order valence-corrected chi connectivity index (χ0v) is 15.4. The van der Waals surface area contributed by atoms with E-state index in [0.29, 0.717) is 28.6 Å². The van der Waals surface area contributed by atoms with Crippen molar-refractivity contribution in [3.05, 3.63) is 58.1 Å². The highest BCUT2D eigenvalue weighted by Crippen LogP contribution is 2.30. The Kier molecular flexibility index (Phi) is 6.28. The lowest BCUT2D eigenvalue weighted by Crippen LogP contribution is -2.35. The quantitative estimate of drug-likeness (QED) is 0.772. The monoisotopic (exact) mass is 362 g/mol. The van der Waals surface area contributed by atoms with E-state index in [2.05, 4.69) is 0 Å². The molecule has 5 nitrogen and oxygen atoms in total. The first kappa shape index (κ1) is 19.1. The first-order valence-corrected chi connectivity index (χ1v) is 8.42. The number of aliphatic hydroxyl groups excluding tert-OH is 1. The van der Waals surface area contributed by atoms with Gasteiger partial charge in [-0.1, -0.05) is 41.4 Å². The third kappa shape index (κ3) is 4.44. The van der Waals surface area contributed by atoms with E-state index in [0.717, 1.165) is 11.1 Å². The molecule has 1 amide bonds. The normalized spacial score (nSPS) is 11.9. The van der Waals surface area contributed by atoms with Crippen molar-refractivity contribution in [2.45, 2.75) is 20.0 Å². The summed E-state index contributed by atoms with van der Waals surface area (Å²) in [6.45, 7) is 4.44. The van der Waals surface area contributed by atoms with Crippen LogP contribution in [0.25, 0.3) is 0 Å². The molecule has 2 rings (SSSR count). The highest BCUT2D eigenvalue weighted by molar-refractivity contribution is 6.33. The fraction of sp³-hybridized carbons (Fsp3) is 0.316. The Bertz CT molecular complexity index is 747. The summed E-state index contributed by atoms with van der Waals surface area (Å²) in [5, 5.41) is 10.8. The Labute approximate surface area is 153 Å². The molecule has 134 valence electrons. The number of anilines is 1. The van der Waals surface area contributed by atoms with Crippen LogP contribution in [0.5, 0.6) is 5.75 Å². The number of hydrogen-bond donors (Lipinski definition) is 2. The summed E-state index contributed by atoms with van der Waals surface area (Å²) in [7, 11) is 1.47. The zero-order chi connectivity index (χ0) is 18.6. The van der Waals surface area contributed by atoms with Gasteiger partial charge in [0.2, 0.25) is 0 Å². The van der Waals surface area contributed by atoms with E-state index in [1.165, 1.54) is 19.2 Å². The van der Waals surface area contributed by atoms with Gasteiger partial charge in [-0.15, -0.1) is 0 Å². The molecule has 0 aliphatic carbocycles. The van der Waals surface area contributed by atoms with Crippen LogP contribution in [0.15, 0.2) is 36.4 Å². The van der Waals surface area contributed by atoms with Crippen LogP contribution < -0.4 is 10.5 Å². The molecule has 2 aromatic rings. The lowest BCUT2D eigenvalue weighted by Gasteiger charge is -2.25. The molecule has 0 radical (unpaired) electrons. The molecule has 0 aliphatic rings. The van der Waals surface area contributed by atoms with Gasteiger partial charge < -0.3 is 20.5 Å². The molecular weight excluding hydrogens is 340 g/mol. The maximum atomic E-state index is 12.9. The molecule has 0 aliphatic heterocycles. The topological polar surface area (TPSA) is 75.8 Å². The summed E-state index contributed by atoms with van der Waals surface area (Å²) < 4.78 is 5.25. The molecule has 0 spiro atoms. The van der Waals surface area contributed by atoms with Crippen molar-refractivity contribution in [1.29, 1.82) is 0 Å². The molecule has 0 saturated carbocycles. The summed E-state index contributed by atoms with van der Waals surface area (Å²) in [5.41, 5.74) is 8.31. The third-order valence-electron chi connectivity index (χ3n) is 4.07. The molecule has 0 saturated heterocycles. The molecule has 0 bridgehead atoms. The van der Waals surface area contributed by atoms with Crippen LogP contribution in [-0.2, 0) is 0 Å². The van der Waals surface area contributed by atoms with E-state index < -0.39 is 6.10 Å². The van der Waals surface area contributed by atoms with Gasteiger partial charge in [0.05, 0.1) is 36.0 Å². The van der Waals surface area contributed by atoms with Gasteiger partial charge in [-0.05, 0) is 25.5 Å². The largest absolute Gasteiger partial charge is 0.496 e. The van der Waals surface area contributed by atoms with Crippen LogP contribution in [0.4, 0.5) is 5.69 Å². The smallest absolute Gasteiger partial charge is 0.257 e. The summed E-state index contributed by atoms with van der Waals surface area (Å²) in [6.07, 6.45) is -0.778. The Morgan fingerprint density at radius 2 is 1.96 bits per heavy atom. The van der Waals surface area contributed by atoms with Crippen LogP contribution >= 0.6 is 11.6 Å². The number of aliphatic hydroxyl groups is 1. The second-order valence-corrected chi connectivity index (χ2v) is 6.25. The number of nitrogens with two attached hydrogens (primary N) is 1. The lowest BCUT2D eigenvalue weighted by molar-refractivity contribution is 0.0632. The summed E-state index contributed by atoms with van der Waals surface area (Å²) in [4.78, 5) is 14.4. The Hall–Kier alpha value is -2.24. The van der Waals surface area contributed by atoms with Crippen molar-refractivity contribution in [2.75, 3.05) is 25.9 Å². The molecule has 25 heavy (non-hydrogen) atoms. The van der Waals surface area contributed by atoms with Gasteiger partial charge in [-0.3, -0.25) is 4.79 Å². The second kappa shape index (κ2) is 8.23. The van der Waals surface area contributed by atoms with E-state index >= 15 is 0 Å². The number of nitrogen functional groups attached to an aromatic ring is 1. The molecule has 6 heteroatoms. The maximum Gasteiger partial charge on any atom is 0.257 e. The van der Waals surface area contributed by atoms with Gasteiger partial charge in [0, 0.05) is 12.6 Å². The summed E-state index contributed by atoms with van der Waals surface area (Å²) >= 11 is 6.05. The predicted molar refractivity (Wildman–Crippen MR) is 100 cm³/mol. The van der Waals surface area contributed by atoms with Crippen molar-refractivity contribution in [1.82, 2.24) is 4.90 Å². The van der Waals surface area contributed by atoms with Gasteiger partial charge in [0.15, 0.2) is 0 Å². The number of hydrogen-bond acceptors (Lipinski definition) is 4. The number of likely N-dealkylation sites (N-methyl/N-ethyl adjacent to an activating group) is 1. The van der Waals surface area contributed by atoms with Crippen LogP contribution in [0.3, 0.4) is 0 Å². The van der Waals surface area contributed by atoms with E-state index in [1.54, 1.807) is 4.90 Å². The van der Waals surface area contributed by atoms with Gasteiger partial charge in [0.1, 0.15) is 5.75 Å². The van der Waals surface area contributed by atoms with Gasteiger partial charge in [-0.2, -0.15) is 0 Å². The van der Waals surface area contributed by atoms with Crippen LogP contribution in [-0.4, -0.2) is 36.1 Å². The Balaban J connectivity index is 2.24. The highest BCUT2D eigenvalue weighted by atomic mass is 35.5. The number of nitrogens with zero attached hydrogens (tertiary/aromatic N) is 1.